The highest BCUT2D eigenvalue weighted by molar-refractivity contribution is 7.87. The van der Waals surface area contributed by atoms with E-state index in [1.807, 2.05) is 0 Å². The van der Waals surface area contributed by atoms with Crippen molar-refractivity contribution in [1.29, 1.82) is 0 Å². The standard InChI is InChI=1S/C30H26O8S/c1-20(31)36-25-12-8-22(9-13-25)30(23-10-14-26(15-11-23)37-21(2)32)28-6-4-5-7-29(28)39(33,34)38-27-18-16-24(35-3)17-19-27/h4-19,30H,1-3H3. The Morgan fingerprint density at radius 3 is 1.51 bits per heavy atom. The maximum atomic E-state index is 13.5. The van der Waals surface area contributed by atoms with Crippen LogP contribution in [0, 0.1) is 0 Å². The molecule has 9 heteroatoms. The number of benzene rings is 4. The minimum atomic E-state index is -4.25. The number of carbonyl (C=O) groups is 2. The van der Waals surface area contributed by atoms with Gasteiger partial charge in [-0.15, -0.1) is 0 Å². The molecule has 0 saturated carbocycles. The lowest BCUT2D eigenvalue weighted by atomic mass is 9.85. The molecule has 0 saturated heterocycles. The largest absolute Gasteiger partial charge is 0.497 e. The molecule has 0 spiro atoms. The third-order valence-electron chi connectivity index (χ3n) is 5.71. The van der Waals surface area contributed by atoms with Crippen molar-refractivity contribution in [3.05, 3.63) is 114 Å². The first-order chi connectivity index (χ1) is 18.7. The van der Waals surface area contributed by atoms with Crippen LogP contribution in [0.15, 0.2) is 102 Å². The first-order valence-electron chi connectivity index (χ1n) is 11.9. The van der Waals surface area contributed by atoms with Crippen LogP contribution < -0.4 is 18.4 Å². The Hall–Kier alpha value is -4.63. The zero-order valence-corrected chi connectivity index (χ0v) is 22.3. The van der Waals surface area contributed by atoms with Crippen LogP contribution in [-0.4, -0.2) is 27.5 Å². The quantitative estimate of drug-likeness (QED) is 0.117. The van der Waals surface area contributed by atoms with Crippen molar-refractivity contribution < 1.29 is 36.4 Å². The fraction of sp³-hybridized carbons (Fsp3) is 0.133. The second-order valence-corrected chi connectivity index (χ2v) is 10.0. The number of carbonyl (C=O) groups excluding carboxylic acids is 2. The molecule has 0 fully saturated rings. The van der Waals surface area contributed by atoms with Crippen molar-refractivity contribution >= 4 is 22.1 Å². The van der Waals surface area contributed by atoms with Gasteiger partial charge in [-0.2, -0.15) is 8.42 Å². The molecule has 8 nitrogen and oxygen atoms in total. The molecule has 0 aromatic heterocycles. The Morgan fingerprint density at radius 2 is 1.05 bits per heavy atom. The van der Waals surface area contributed by atoms with E-state index in [4.69, 9.17) is 18.4 Å². The van der Waals surface area contributed by atoms with E-state index in [1.165, 1.54) is 39.2 Å². The van der Waals surface area contributed by atoms with Gasteiger partial charge in [-0.05, 0) is 71.3 Å². The smallest absolute Gasteiger partial charge is 0.339 e. The van der Waals surface area contributed by atoms with Gasteiger partial charge in [-0.3, -0.25) is 9.59 Å². The Morgan fingerprint density at radius 1 is 0.615 bits per heavy atom. The number of hydrogen-bond acceptors (Lipinski definition) is 8. The molecule has 0 heterocycles. The van der Waals surface area contributed by atoms with Gasteiger partial charge < -0.3 is 18.4 Å². The SMILES string of the molecule is COc1ccc(OS(=O)(=O)c2ccccc2C(c2ccc(OC(C)=O)cc2)c2ccc(OC(C)=O)cc2)cc1. The summed E-state index contributed by atoms with van der Waals surface area (Å²) in [5, 5.41) is 0. The Kier molecular flexibility index (Phi) is 8.31. The normalized spacial score (nSPS) is 11.1. The highest BCUT2D eigenvalue weighted by atomic mass is 32.2. The monoisotopic (exact) mass is 546 g/mol. The topological polar surface area (TPSA) is 105 Å². The lowest BCUT2D eigenvalue weighted by Gasteiger charge is -2.22. The lowest BCUT2D eigenvalue weighted by molar-refractivity contribution is -0.132. The van der Waals surface area contributed by atoms with E-state index in [9.17, 15) is 18.0 Å². The summed E-state index contributed by atoms with van der Waals surface area (Å²) in [7, 11) is -2.74. The lowest BCUT2D eigenvalue weighted by Crippen LogP contribution is -2.15. The predicted octanol–water partition coefficient (Wildman–Crippen LogP) is 5.49. The summed E-state index contributed by atoms with van der Waals surface area (Å²) in [5.41, 5.74) is 1.93. The molecule has 0 aliphatic carbocycles. The summed E-state index contributed by atoms with van der Waals surface area (Å²) in [5.74, 6) is -0.0423. The summed E-state index contributed by atoms with van der Waals surface area (Å²) in [4.78, 5) is 22.7. The summed E-state index contributed by atoms with van der Waals surface area (Å²) in [6, 6.07) is 26.4. The van der Waals surface area contributed by atoms with E-state index < -0.39 is 28.0 Å². The fourth-order valence-corrected chi connectivity index (χ4v) is 5.26. The first-order valence-corrected chi connectivity index (χ1v) is 13.3. The third kappa shape index (κ3) is 6.82. The van der Waals surface area contributed by atoms with Gasteiger partial charge in [0.2, 0.25) is 0 Å². The molecule has 39 heavy (non-hydrogen) atoms. The summed E-state index contributed by atoms with van der Waals surface area (Å²) < 4.78 is 48.0. The fourth-order valence-electron chi connectivity index (χ4n) is 4.09. The zero-order valence-electron chi connectivity index (χ0n) is 21.5. The molecule has 200 valence electrons. The maximum Gasteiger partial charge on any atom is 0.339 e. The van der Waals surface area contributed by atoms with Gasteiger partial charge >= 0.3 is 22.1 Å². The van der Waals surface area contributed by atoms with E-state index in [2.05, 4.69) is 0 Å². The second kappa shape index (κ2) is 11.8. The van der Waals surface area contributed by atoms with E-state index in [-0.39, 0.29) is 10.6 Å². The van der Waals surface area contributed by atoms with Gasteiger partial charge in [0, 0.05) is 19.8 Å². The Labute approximate surface area is 226 Å². The second-order valence-electron chi connectivity index (χ2n) is 8.51. The van der Waals surface area contributed by atoms with Crippen molar-refractivity contribution in [2.24, 2.45) is 0 Å². The highest BCUT2D eigenvalue weighted by Gasteiger charge is 2.27. The maximum absolute atomic E-state index is 13.5. The molecule has 0 amide bonds. The summed E-state index contributed by atoms with van der Waals surface area (Å²) in [6.07, 6.45) is 0. The Bertz CT molecular complexity index is 1500. The van der Waals surface area contributed by atoms with E-state index in [0.29, 0.717) is 22.8 Å². The van der Waals surface area contributed by atoms with Gasteiger partial charge in [0.05, 0.1) is 7.11 Å². The van der Waals surface area contributed by atoms with E-state index in [0.717, 1.165) is 11.1 Å². The molecular weight excluding hydrogens is 520 g/mol. The van der Waals surface area contributed by atoms with Crippen LogP contribution >= 0.6 is 0 Å². The van der Waals surface area contributed by atoms with E-state index in [1.54, 1.807) is 78.9 Å². The minimum absolute atomic E-state index is 0.0149. The average molecular weight is 547 g/mol. The van der Waals surface area contributed by atoms with Crippen LogP contribution in [0.2, 0.25) is 0 Å². The first kappa shape index (κ1) is 27.4. The molecule has 0 atom stereocenters. The third-order valence-corrected chi connectivity index (χ3v) is 7.04. The molecule has 0 N–H and O–H groups in total. The molecule has 4 rings (SSSR count). The van der Waals surface area contributed by atoms with Crippen LogP contribution in [0.1, 0.15) is 36.5 Å². The van der Waals surface area contributed by atoms with Gasteiger partial charge in [0.15, 0.2) is 0 Å². The molecule has 0 radical (unpaired) electrons. The van der Waals surface area contributed by atoms with Crippen LogP contribution in [0.5, 0.6) is 23.0 Å². The summed E-state index contributed by atoms with van der Waals surface area (Å²) in [6.45, 7) is 2.62. The highest BCUT2D eigenvalue weighted by Crippen LogP contribution is 2.38. The van der Waals surface area contributed by atoms with Crippen molar-refractivity contribution in [3.63, 3.8) is 0 Å². The van der Waals surface area contributed by atoms with Crippen LogP contribution in [0.25, 0.3) is 0 Å². The Balaban J connectivity index is 1.80. The van der Waals surface area contributed by atoms with Gasteiger partial charge in [-0.1, -0.05) is 42.5 Å². The molecule has 0 bridgehead atoms. The average Bonchev–Trinajstić information content (AvgIpc) is 2.91. The van der Waals surface area contributed by atoms with Crippen molar-refractivity contribution in [2.45, 2.75) is 24.7 Å². The van der Waals surface area contributed by atoms with Crippen LogP contribution in [0.4, 0.5) is 0 Å². The molecule has 0 aliphatic rings. The predicted molar refractivity (Wildman–Crippen MR) is 144 cm³/mol. The number of methoxy groups -OCH3 is 1. The van der Waals surface area contributed by atoms with Crippen molar-refractivity contribution in [3.8, 4) is 23.0 Å². The molecule has 0 unspecified atom stereocenters. The molecule has 0 aliphatic heterocycles. The molecule has 4 aromatic carbocycles. The van der Waals surface area contributed by atoms with Gasteiger partial charge in [0.25, 0.3) is 0 Å². The zero-order chi connectivity index (χ0) is 28.0. The summed E-state index contributed by atoms with van der Waals surface area (Å²) >= 11 is 0. The molecule has 4 aromatic rings. The van der Waals surface area contributed by atoms with Crippen LogP contribution in [0.3, 0.4) is 0 Å². The van der Waals surface area contributed by atoms with Crippen molar-refractivity contribution in [2.75, 3.05) is 7.11 Å². The van der Waals surface area contributed by atoms with Gasteiger partial charge in [0.1, 0.15) is 27.9 Å². The van der Waals surface area contributed by atoms with Crippen molar-refractivity contribution in [1.82, 2.24) is 0 Å². The van der Waals surface area contributed by atoms with Crippen LogP contribution in [-0.2, 0) is 19.7 Å². The van der Waals surface area contributed by atoms with Gasteiger partial charge in [-0.25, -0.2) is 0 Å². The van der Waals surface area contributed by atoms with E-state index >= 15 is 0 Å². The number of esters is 2. The number of ether oxygens (including phenoxy) is 3. The number of rotatable bonds is 9. The minimum Gasteiger partial charge on any atom is -0.497 e. The molecular formula is C30H26O8S. The number of hydrogen-bond donors (Lipinski definition) is 0.